The van der Waals surface area contributed by atoms with Crippen LogP contribution in [-0.4, -0.2) is 34.6 Å². The highest BCUT2D eigenvalue weighted by Gasteiger charge is 2.38. The molecule has 0 aromatic rings. The van der Waals surface area contributed by atoms with Crippen molar-refractivity contribution in [1.29, 1.82) is 0 Å². The summed E-state index contributed by atoms with van der Waals surface area (Å²) in [5.74, 6) is -0.394. The molecule has 1 aliphatic rings. The van der Waals surface area contributed by atoms with Crippen LogP contribution in [-0.2, 0) is 4.79 Å². The maximum atomic E-state index is 11.2. The second kappa shape index (κ2) is 4.97. The van der Waals surface area contributed by atoms with Gasteiger partial charge in [-0.3, -0.25) is 9.69 Å². The van der Waals surface area contributed by atoms with Crippen LogP contribution in [0.4, 0.5) is 0 Å². The lowest BCUT2D eigenvalue weighted by atomic mass is 9.82. The van der Waals surface area contributed by atoms with Gasteiger partial charge >= 0.3 is 5.97 Å². The van der Waals surface area contributed by atoms with Crippen LogP contribution >= 0.6 is 0 Å². The van der Waals surface area contributed by atoms with E-state index in [0.29, 0.717) is 12.0 Å². The maximum absolute atomic E-state index is 11.2. The van der Waals surface area contributed by atoms with Crippen LogP contribution < -0.4 is 0 Å². The van der Waals surface area contributed by atoms with Crippen LogP contribution in [0.1, 0.15) is 40.5 Å². The van der Waals surface area contributed by atoms with E-state index in [0.717, 1.165) is 19.4 Å². The Hall–Kier alpha value is -0.570. The number of carboxylic acids is 1. The first-order valence-corrected chi connectivity index (χ1v) is 5.93. The van der Waals surface area contributed by atoms with E-state index in [-0.39, 0.29) is 12.0 Å². The minimum atomic E-state index is -0.626. The van der Waals surface area contributed by atoms with Crippen molar-refractivity contribution in [3.05, 3.63) is 0 Å². The molecule has 3 nitrogen and oxygen atoms in total. The molecule has 1 N–H and O–H groups in total. The zero-order valence-corrected chi connectivity index (χ0v) is 10.2. The number of hydrogen-bond acceptors (Lipinski definition) is 2. The van der Waals surface area contributed by atoms with E-state index in [1.165, 1.54) is 0 Å². The summed E-state index contributed by atoms with van der Waals surface area (Å²) in [4.78, 5) is 13.6. The standard InChI is InChI=1S/C12H23NO2/c1-8(2)11-10(12(14)15)6-5-7-13(11)9(3)4/h8-11H,5-7H2,1-4H3,(H,14,15)/t10-,11+/m0/s1. The van der Waals surface area contributed by atoms with Gasteiger partial charge in [0.15, 0.2) is 0 Å². The highest BCUT2D eigenvalue weighted by Crippen LogP contribution is 2.30. The second-order valence-corrected chi connectivity index (χ2v) is 5.15. The van der Waals surface area contributed by atoms with Gasteiger partial charge in [-0.25, -0.2) is 0 Å². The van der Waals surface area contributed by atoms with Gasteiger partial charge in [0.05, 0.1) is 5.92 Å². The molecule has 0 aromatic heterocycles. The Kier molecular flexibility index (Phi) is 4.14. The molecular weight excluding hydrogens is 190 g/mol. The molecular formula is C12H23NO2. The van der Waals surface area contributed by atoms with Gasteiger partial charge in [0, 0.05) is 12.1 Å². The molecule has 1 aliphatic heterocycles. The lowest BCUT2D eigenvalue weighted by Gasteiger charge is -2.44. The summed E-state index contributed by atoms with van der Waals surface area (Å²) >= 11 is 0. The molecule has 0 radical (unpaired) electrons. The Labute approximate surface area is 92.5 Å². The molecule has 1 heterocycles. The van der Waals surface area contributed by atoms with Crippen molar-refractivity contribution in [3.63, 3.8) is 0 Å². The van der Waals surface area contributed by atoms with Gasteiger partial charge in [0.25, 0.3) is 0 Å². The summed E-state index contributed by atoms with van der Waals surface area (Å²) in [7, 11) is 0. The first-order chi connectivity index (χ1) is 6.95. The molecule has 88 valence electrons. The fraction of sp³-hybridized carbons (Fsp3) is 0.917. The Morgan fingerprint density at radius 2 is 1.93 bits per heavy atom. The molecule has 0 amide bonds. The molecule has 3 heteroatoms. The third-order valence-electron chi connectivity index (χ3n) is 3.39. The number of hydrogen-bond donors (Lipinski definition) is 1. The van der Waals surface area contributed by atoms with Crippen LogP contribution in [0.5, 0.6) is 0 Å². The molecule has 0 spiro atoms. The molecule has 0 aromatic carbocycles. The molecule has 1 rings (SSSR count). The Balaban J connectivity index is 2.85. The number of likely N-dealkylation sites (tertiary alicyclic amines) is 1. The Morgan fingerprint density at radius 3 is 2.33 bits per heavy atom. The van der Waals surface area contributed by atoms with Crippen molar-refractivity contribution in [2.75, 3.05) is 6.54 Å². The Bertz CT molecular complexity index is 226. The Morgan fingerprint density at radius 1 is 1.33 bits per heavy atom. The molecule has 0 bridgehead atoms. The zero-order valence-electron chi connectivity index (χ0n) is 10.2. The van der Waals surface area contributed by atoms with E-state index in [4.69, 9.17) is 0 Å². The van der Waals surface area contributed by atoms with Crippen LogP contribution in [0.3, 0.4) is 0 Å². The van der Waals surface area contributed by atoms with Gasteiger partial charge in [-0.05, 0) is 39.2 Å². The summed E-state index contributed by atoms with van der Waals surface area (Å²) in [6.45, 7) is 9.60. The van der Waals surface area contributed by atoms with Gasteiger partial charge in [-0.2, -0.15) is 0 Å². The van der Waals surface area contributed by atoms with E-state index in [2.05, 4.69) is 32.6 Å². The maximum Gasteiger partial charge on any atom is 0.308 e. The van der Waals surface area contributed by atoms with E-state index in [1.807, 2.05) is 0 Å². The van der Waals surface area contributed by atoms with E-state index >= 15 is 0 Å². The molecule has 15 heavy (non-hydrogen) atoms. The smallest absolute Gasteiger partial charge is 0.308 e. The summed E-state index contributed by atoms with van der Waals surface area (Å²) in [6.07, 6.45) is 1.85. The fourth-order valence-electron chi connectivity index (χ4n) is 2.76. The van der Waals surface area contributed by atoms with E-state index < -0.39 is 5.97 Å². The fourth-order valence-corrected chi connectivity index (χ4v) is 2.76. The second-order valence-electron chi connectivity index (χ2n) is 5.15. The van der Waals surface area contributed by atoms with Crippen molar-refractivity contribution < 1.29 is 9.90 Å². The van der Waals surface area contributed by atoms with Gasteiger partial charge < -0.3 is 5.11 Å². The number of carbonyl (C=O) groups is 1. The van der Waals surface area contributed by atoms with Gasteiger partial charge in [0.2, 0.25) is 0 Å². The van der Waals surface area contributed by atoms with Gasteiger partial charge in [-0.1, -0.05) is 13.8 Å². The molecule has 0 saturated carbocycles. The first-order valence-electron chi connectivity index (χ1n) is 5.93. The molecule has 1 fully saturated rings. The monoisotopic (exact) mass is 213 g/mol. The highest BCUT2D eigenvalue weighted by atomic mass is 16.4. The molecule has 1 saturated heterocycles. The van der Waals surface area contributed by atoms with Crippen LogP contribution in [0.2, 0.25) is 0 Å². The van der Waals surface area contributed by atoms with Crippen molar-refractivity contribution in [2.24, 2.45) is 11.8 Å². The molecule has 0 aliphatic carbocycles. The molecule has 0 unspecified atom stereocenters. The van der Waals surface area contributed by atoms with E-state index in [1.54, 1.807) is 0 Å². The van der Waals surface area contributed by atoms with Gasteiger partial charge in [0.1, 0.15) is 0 Å². The van der Waals surface area contributed by atoms with Crippen LogP contribution in [0.25, 0.3) is 0 Å². The zero-order chi connectivity index (χ0) is 11.6. The quantitative estimate of drug-likeness (QED) is 0.781. The van der Waals surface area contributed by atoms with Gasteiger partial charge in [-0.15, -0.1) is 0 Å². The summed E-state index contributed by atoms with van der Waals surface area (Å²) in [5.41, 5.74) is 0. The summed E-state index contributed by atoms with van der Waals surface area (Å²) in [5, 5.41) is 9.23. The minimum absolute atomic E-state index is 0.179. The lowest BCUT2D eigenvalue weighted by Crippen LogP contribution is -2.53. The summed E-state index contributed by atoms with van der Waals surface area (Å²) < 4.78 is 0. The SMILES string of the molecule is CC(C)[C@@H]1[C@@H](C(=O)O)CCCN1C(C)C. The normalized spacial score (nSPS) is 28.7. The third-order valence-corrected chi connectivity index (χ3v) is 3.39. The molecule has 2 atom stereocenters. The van der Waals surface area contributed by atoms with Crippen LogP contribution in [0.15, 0.2) is 0 Å². The van der Waals surface area contributed by atoms with Crippen molar-refractivity contribution >= 4 is 5.97 Å². The first kappa shape index (κ1) is 12.5. The number of rotatable bonds is 3. The number of nitrogens with zero attached hydrogens (tertiary/aromatic N) is 1. The number of aliphatic carboxylic acids is 1. The van der Waals surface area contributed by atoms with E-state index in [9.17, 15) is 9.90 Å². The largest absolute Gasteiger partial charge is 0.481 e. The lowest BCUT2D eigenvalue weighted by molar-refractivity contribution is -0.147. The highest BCUT2D eigenvalue weighted by molar-refractivity contribution is 5.71. The number of carboxylic acid groups (broad SMARTS) is 1. The third kappa shape index (κ3) is 2.71. The predicted octanol–water partition coefficient (Wildman–Crippen LogP) is 2.22. The van der Waals surface area contributed by atoms with Crippen molar-refractivity contribution in [3.8, 4) is 0 Å². The predicted molar refractivity (Wildman–Crippen MR) is 60.8 cm³/mol. The summed E-state index contributed by atoms with van der Waals surface area (Å²) in [6, 6.07) is 0.649. The average Bonchev–Trinajstić information content (AvgIpc) is 2.16. The van der Waals surface area contributed by atoms with Crippen molar-refractivity contribution in [1.82, 2.24) is 4.90 Å². The van der Waals surface area contributed by atoms with Crippen LogP contribution in [0, 0.1) is 11.8 Å². The average molecular weight is 213 g/mol. The topological polar surface area (TPSA) is 40.5 Å². The number of piperidine rings is 1. The minimum Gasteiger partial charge on any atom is -0.481 e. The van der Waals surface area contributed by atoms with Crippen molar-refractivity contribution in [2.45, 2.75) is 52.6 Å².